The first kappa shape index (κ1) is 30.4. The molecule has 0 heterocycles. The third-order valence-electron chi connectivity index (χ3n) is 11.5. The van der Waals surface area contributed by atoms with E-state index in [1.165, 1.54) is 5.39 Å². The predicted molar refractivity (Wildman–Crippen MR) is 253 cm³/mol. The van der Waals surface area contributed by atoms with Crippen molar-refractivity contribution in [2.75, 3.05) is 4.90 Å². The van der Waals surface area contributed by atoms with E-state index in [0.717, 1.165) is 71.1 Å². The highest BCUT2D eigenvalue weighted by atomic mass is 15.1. The van der Waals surface area contributed by atoms with Gasteiger partial charge in [0.2, 0.25) is 0 Å². The first-order valence-corrected chi connectivity index (χ1v) is 20.0. The van der Waals surface area contributed by atoms with Crippen molar-refractivity contribution in [1.29, 1.82) is 0 Å². The second-order valence-corrected chi connectivity index (χ2v) is 14.9. The van der Waals surface area contributed by atoms with E-state index in [1.807, 2.05) is 89.8 Å². The van der Waals surface area contributed by atoms with Crippen molar-refractivity contribution in [2.45, 2.75) is 0 Å². The van der Waals surface area contributed by atoms with Gasteiger partial charge < -0.3 is 4.90 Å². The normalized spacial score (nSPS) is 12.3. The fourth-order valence-electron chi connectivity index (χ4n) is 8.72. The van der Waals surface area contributed by atoms with Crippen LogP contribution in [0.4, 0.5) is 17.1 Å². The van der Waals surface area contributed by atoms with Crippen LogP contribution in [0.15, 0.2) is 236 Å². The highest BCUT2D eigenvalue weighted by Crippen LogP contribution is 2.42. The summed E-state index contributed by atoms with van der Waals surface area (Å²) in [5.41, 5.74) is 8.94. The molecule has 0 aliphatic carbocycles. The molecule has 1 heteroatoms. The van der Waals surface area contributed by atoms with E-state index in [9.17, 15) is 5.48 Å². The Kier molecular flexibility index (Phi) is 7.55. The fourth-order valence-corrected chi connectivity index (χ4v) is 8.72. The monoisotopic (exact) mass is 753 g/mol. The zero-order valence-electron chi connectivity index (χ0n) is 36.2. The number of anilines is 3. The molecular weight excluding hydrogens is 711 g/mol. The van der Waals surface area contributed by atoms with Crippen LogP contribution in [0.5, 0.6) is 0 Å². The van der Waals surface area contributed by atoms with Gasteiger partial charge in [-0.1, -0.05) is 188 Å². The lowest BCUT2D eigenvalue weighted by Gasteiger charge is -2.27. The molecule has 0 amide bonds. The zero-order valence-corrected chi connectivity index (χ0v) is 32.2. The summed E-state index contributed by atoms with van der Waals surface area (Å²) in [7, 11) is 0. The number of rotatable bonds is 7. The molecule has 1 nitrogen and oxygen atoms in total. The molecule has 0 bridgehead atoms. The van der Waals surface area contributed by atoms with Gasteiger partial charge in [-0.05, 0) is 136 Å². The van der Waals surface area contributed by atoms with Gasteiger partial charge in [-0.15, -0.1) is 0 Å². The summed E-state index contributed by atoms with van der Waals surface area (Å²) in [5, 5.41) is 8.53. The highest BCUT2D eigenvalue weighted by molar-refractivity contribution is 6.15. The van der Waals surface area contributed by atoms with Crippen LogP contribution >= 0.6 is 0 Å². The van der Waals surface area contributed by atoms with Crippen LogP contribution in [0.3, 0.4) is 0 Å². The Morgan fingerprint density at radius 1 is 0.254 bits per heavy atom. The van der Waals surface area contributed by atoms with Crippen LogP contribution < -0.4 is 4.90 Å². The largest absolute Gasteiger partial charge is 0.310 e. The molecule has 0 fully saturated rings. The van der Waals surface area contributed by atoms with E-state index in [1.54, 1.807) is 0 Å². The van der Waals surface area contributed by atoms with Gasteiger partial charge in [0.15, 0.2) is 0 Å². The molecule has 0 aliphatic rings. The summed E-state index contributed by atoms with van der Waals surface area (Å²) in [6, 6.07) is 72.0. The molecule has 0 atom stereocenters. The lowest BCUT2D eigenvalue weighted by Crippen LogP contribution is -2.10. The molecule has 0 saturated carbocycles. The van der Waals surface area contributed by atoms with Gasteiger partial charge >= 0.3 is 0 Å². The summed E-state index contributed by atoms with van der Waals surface area (Å²) in [4.78, 5) is 1.89. The van der Waals surface area contributed by atoms with Crippen molar-refractivity contribution in [3.63, 3.8) is 0 Å². The summed E-state index contributed by atoms with van der Waals surface area (Å²) in [6.45, 7) is 0. The third-order valence-corrected chi connectivity index (χ3v) is 11.5. The second kappa shape index (κ2) is 14.6. The number of fused-ring (bicyclic) bond motifs is 6. The average Bonchev–Trinajstić information content (AvgIpc) is 3.35. The van der Waals surface area contributed by atoms with E-state index in [-0.39, 0.29) is 35.4 Å². The molecule has 59 heavy (non-hydrogen) atoms. The van der Waals surface area contributed by atoms with E-state index in [2.05, 4.69) is 127 Å². The first-order chi connectivity index (χ1) is 30.9. The Labute approximate surface area is 350 Å². The molecule has 0 N–H and O–H groups in total. The summed E-state index contributed by atoms with van der Waals surface area (Å²) >= 11 is 0. The lowest BCUT2D eigenvalue weighted by atomic mass is 9.92. The van der Waals surface area contributed by atoms with Crippen molar-refractivity contribution < 1.29 is 5.48 Å². The maximum atomic E-state index is 9.81. The van der Waals surface area contributed by atoms with Crippen molar-refractivity contribution >= 4 is 60.2 Å². The van der Waals surface area contributed by atoms with E-state index >= 15 is 0 Å². The van der Waals surface area contributed by atoms with E-state index in [0.29, 0.717) is 16.9 Å². The van der Waals surface area contributed by atoms with E-state index in [4.69, 9.17) is 0 Å². The van der Waals surface area contributed by atoms with Gasteiger partial charge in [-0.25, -0.2) is 0 Å². The smallest absolute Gasteiger partial charge is 0.0645 e. The molecule has 0 aromatic heterocycles. The minimum atomic E-state index is -0.122. The molecular formula is C58H39N. The van der Waals surface area contributed by atoms with Crippen LogP contribution in [-0.2, 0) is 0 Å². The Bertz CT molecular complexity index is 3530. The Balaban J connectivity index is 1.12. The quantitative estimate of drug-likeness (QED) is 0.147. The fraction of sp³-hybridized carbons (Fsp3) is 0. The average molecular weight is 754 g/mol. The van der Waals surface area contributed by atoms with Gasteiger partial charge in [-0.3, -0.25) is 0 Å². The highest BCUT2D eigenvalue weighted by Gasteiger charge is 2.17. The molecule has 276 valence electrons. The van der Waals surface area contributed by atoms with Crippen molar-refractivity contribution in [3.05, 3.63) is 236 Å². The predicted octanol–water partition coefficient (Wildman–Crippen LogP) is 16.4. The maximum absolute atomic E-state index is 9.81. The Hall–Kier alpha value is -7.74. The van der Waals surface area contributed by atoms with Crippen molar-refractivity contribution in [2.24, 2.45) is 0 Å². The van der Waals surface area contributed by atoms with Crippen molar-refractivity contribution in [1.82, 2.24) is 0 Å². The third kappa shape index (κ3) is 6.21. The topological polar surface area (TPSA) is 3.24 Å². The summed E-state index contributed by atoms with van der Waals surface area (Å²) in [6.07, 6.45) is 0. The number of hydrogen-bond acceptors (Lipinski definition) is 1. The van der Waals surface area contributed by atoms with Crippen LogP contribution in [0.1, 0.15) is 5.48 Å². The zero-order chi connectivity index (χ0) is 42.6. The molecule has 11 aromatic rings. The van der Waals surface area contributed by atoms with Gasteiger partial charge in [0.25, 0.3) is 0 Å². The van der Waals surface area contributed by atoms with Crippen LogP contribution in [0.25, 0.3) is 87.6 Å². The molecule has 0 spiro atoms. The number of nitrogens with zero attached hydrogens (tertiary/aromatic N) is 1. The Morgan fingerprint density at radius 3 is 1.31 bits per heavy atom. The summed E-state index contributed by atoms with van der Waals surface area (Å²) in [5.74, 6) is 0. The number of hydrogen-bond donors (Lipinski definition) is 0. The van der Waals surface area contributed by atoms with E-state index < -0.39 is 0 Å². The minimum absolute atomic E-state index is 0.0958. The van der Waals surface area contributed by atoms with Gasteiger partial charge in [0.1, 0.15) is 0 Å². The molecule has 0 saturated heterocycles. The SMILES string of the molecule is [2H]c1c([2H])c(N(c2ccc(-c3ccccc3-c3ccccc3)cc2)c2cccc(-c3cc4ccccc4c4ccccc34)c2)c([2H])c([2H])c1-c1cc2ccccc2c2ccccc12. The van der Waals surface area contributed by atoms with Gasteiger partial charge in [0, 0.05) is 17.1 Å². The standard InChI is InChI=1S/C58H39N/c1-2-15-40(16-3-1)49-21-8-9-22-50(49)41-29-33-46(34-30-41)59(47-35-31-42(32-36-47)57-38-44-17-4-6-23-51(44)53-25-10-12-27-55(53)57)48-20-14-19-43(37-48)58-39-45-18-5-7-24-52(45)54-26-11-13-28-56(54)58/h1-39H/i31D,32D,35D,36D. The first-order valence-electron chi connectivity index (χ1n) is 22.0. The second-order valence-electron chi connectivity index (χ2n) is 14.9. The van der Waals surface area contributed by atoms with Crippen LogP contribution in [-0.4, -0.2) is 0 Å². The van der Waals surface area contributed by atoms with Crippen LogP contribution in [0.2, 0.25) is 0 Å². The van der Waals surface area contributed by atoms with Gasteiger partial charge in [-0.2, -0.15) is 0 Å². The van der Waals surface area contributed by atoms with Crippen LogP contribution in [0, 0.1) is 0 Å². The Morgan fingerprint density at radius 2 is 0.712 bits per heavy atom. The molecule has 11 aromatic carbocycles. The molecule has 0 aliphatic heterocycles. The molecule has 0 radical (unpaired) electrons. The van der Waals surface area contributed by atoms with Gasteiger partial charge in [0.05, 0.1) is 5.48 Å². The molecule has 0 unspecified atom stereocenters. The summed E-state index contributed by atoms with van der Waals surface area (Å²) < 4.78 is 39.0. The number of benzene rings is 11. The molecule has 11 rings (SSSR count). The maximum Gasteiger partial charge on any atom is 0.0645 e. The van der Waals surface area contributed by atoms with Crippen molar-refractivity contribution in [3.8, 4) is 44.5 Å². The minimum Gasteiger partial charge on any atom is -0.310 e. The lowest BCUT2D eigenvalue weighted by molar-refractivity contribution is 1.28.